The van der Waals surface area contributed by atoms with Gasteiger partial charge in [-0.2, -0.15) is 0 Å². The van der Waals surface area contributed by atoms with E-state index in [1.165, 1.54) is 31.5 Å². The Labute approximate surface area is 77.5 Å². The predicted octanol–water partition coefficient (Wildman–Crippen LogP) is 3.42. The lowest BCUT2D eigenvalue weighted by Gasteiger charge is -2.19. The summed E-state index contributed by atoms with van der Waals surface area (Å²) in [6.07, 6.45) is 7.41. The molecule has 0 aromatic heterocycles. The van der Waals surface area contributed by atoms with Crippen LogP contribution in [0.5, 0.6) is 0 Å². The fourth-order valence-electron chi connectivity index (χ4n) is 1.23. The van der Waals surface area contributed by atoms with Crippen LogP contribution in [0.1, 0.15) is 46.5 Å². The van der Waals surface area contributed by atoms with Crippen LogP contribution in [0.15, 0.2) is 11.8 Å². The lowest BCUT2D eigenvalue weighted by Crippen LogP contribution is -2.17. The molecule has 72 valence electrons. The summed E-state index contributed by atoms with van der Waals surface area (Å²) in [5, 5.41) is 0. The predicted molar refractivity (Wildman–Crippen MR) is 56.2 cm³/mol. The van der Waals surface area contributed by atoms with Crippen molar-refractivity contribution in [1.82, 2.24) is 4.90 Å². The number of rotatable bonds is 6. The van der Waals surface area contributed by atoms with E-state index in [1.807, 2.05) is 0 Å². The molecule has 0 fully saturated rings. The zero-order valence-corrected chi connectivity index (χ0v) is 9.06. The van der Waals surface area contributed by atoms with Crippen molar-refractivity contribution < 1.29 is 0 Å². The van der Waals surface area contributed by atoms with Gasteiger partial charge in [-0.15, -0.1) is 0 Å². The molecule has 0 aromatic carbocycles. The molecule has 0 aliphatic heterocycles. The van der Waals surface area contributed by atoms with E-state index in [4.69, 9.17) is 0 Å². The maximum absolute atomic E-state index is 2.35. The molecular formula is C11H23N. The summed E-state index contributed by atoms with van der Waals surface area (Å²) < 4.78 is 0. The Hall–Kier alpha value is -0.460. The second kappa shape index (κ2) is 7.20. The van der Waals surface area contributed by atoms with E-state index in [0.717, 1.165) is 6.42 Å². The minimum Gasteiger partial charge on any atom is -0.378 e. The Morgan fingerprint density at radius 1 is 1.25 bits per heavy atom. The van der Waals surface area contributed by atoms with Crippen molar-refractivity contribution in [3.63, 3.8) is 0 Å². The van der Waals surface area contributed by atoms with Crippen LogP contribution < -0.4 is 0 Å². The molecule has 0 spiro atoms. The van der Waals surface area contributed by atoms with Crippen molar-refractivity contribution >= 4 is 0 Å². The fraction of sp³-hybridized carbons (Fsp3) is 0.818. The van der Waals surface area contributed by atoms with Crippen LogP contribution in [0.2, 0.25) is 0 Å². The zero-order valence-electron chi connectivity index (χ0n) is 9.06. The highest BCUT2D eigenvalue weighted by Crippen LogP contribution is 2.04. The van der Waals surface area contributed by atoms with Crippen molar-refractivity contribution in [3.05, 3.63) is 11.8 Å². The van der Waals surface area contributed by atoms with Crippen LogP contribution in [0.4, 0.5) is 0 Å². The SMILES string of the molecule is CCC=C(C)N(C)CCCCC. The third kappa shape index (κ3) is 5.22. The summed E-state index contributed by atoms with van der Waals surface area (Å²) in [6, 6.07) is 0. The third-order valence-corrected chi connectivity index (χ3v) is 2.20. The Morgan fingerprint density at radius 2 is 1.92 bits per heavy atom. The molecule has 1 heteroatoms. The summed E-state index contributed by atoms with van der Waals surface area (Å²) in [4.78, 5) is 2.35. The van der Waals surface area contributed by atoms with Gasteiger partial charge in [-0.1, -0.05) is 32.8 Å². The van der Waals surface area contributed by atoms with E-state index in [9.17, 15) is 0 Å². The molecule has 0 amide bonds. The smallest absolute Gasteiger partial charge is 0.0171 e. The van der Waals surface area contributed by atoms with Gasteiger partial charge in [0.2, 0.25) is 0 Å². The Bertz CT molecular complexity index is 127. The van der Waals surface area contributed by atoms with Gasteiger partial charge in [0.05, 0.1) is 0 Å². The summed E-state index contributed by atoms with van der Waals surface area (Å²) in [5.74, 6) is 0. The molecule has 0 rings (SSSR count). The second-order valence-electron chi connectivity index (χ2n) is 3.38. The van der Waals surface area contributed by atoms with Gasteiger partial charge in [0.25, 0.3) is 0 Å². The van der Waals surface area contributed by atoms with Crippen molar-refractivity contribution in [3.8, 4) is 0 Å². The molecule has 0 radical (unpaired) electrons. The average molecular weight is 169 g/mol. The Kier molecular flexibility index (Phi) is 6.93. The van der Waals surface area contributed by atoms with Crippen LogP contribution in [-0.4, -0.2) is 18.5 Å². The van der Waals surface area contributed by atoms with Gasteiger partial charge in [0.15, 0.2) is 0 Å². The lowest BCUT2D eigenvalue weighted by atomic mass is 10.2. The molecule has 0 atom stereocenters. The first-order valence-electron chi connectivity index (χ1n) is 5.10. The maximum Gasteiger partial charge on any atom is 0.0171 e. The van der Waals surface area contributed by atoms with Crippen LogP contribution in [0.3, 0.4) is 0 Å². The van der Waals surface area contributed by atoms with Gasteiger partial charge in [-0.05, 0) is 19.8 Å². The van der Waals surface area contributed by atoms with Crippen molar-refractivity contribution in [2.45, 2.75) is 46.5 Å². The van der Waals surface area contributed by atoms with Gasteiger partial charge in [-0.3, -0.25) is 0 Å². The average Bonchev–Trinajstić information content (AvgIpc) is 2.05. The normalized spacial score (nSPS) is 11.8. The number of unbranched alkanes of at least 4 members (excludes halogenated alkanes) is 2. The molecule has 12 heavy (non-hydrogen) atoms. The van der Waals surface area contributed by atoms with E-state index in [2.05, 4.69) is 38.8 Å². The van der Waals surface area contributed by atoms with Crippen molar-refractivity contribution in [2.24, 2.45) is 0 Å². The van der Waals surface area contributed by atoms with Gasteiger partial charge >= 0.3 is 0 Å². The monoisotopic (exact) mass is 169 g/mol. The largest absolute Gasteiger partial charge is 0.378 e. The first-order valence-corrected chi connectivity index (χ1v) is 5.10. The van der Waals surface area contributed by atoms with Crippen molar-refractivity contribution in [2.75, 3.05) is 13.6 Å². The maximum atomic E-state index is 2.35. The van der Waals surface area contributed by atoms with E-state index in [-0.39, 0.29) is 0 Å². The zero-order chi connectivity index (χ0) is 9.40. The highest BCUT2D eigenvalue weighted by molar-refractivity contribution is 4.95. The van der Waals surface area contributed by atoms with Gasteiger partial charge in [0, 0.05) is 19.3 Å². The topological polar surface area (TPSA) is 3.24 Å². The highest BCUT2D eigenvalue weighted by Gasteiger charge is 1.96. The van der Waals surface area contributed by atoms with E-state index >= 15 is 0 Å². The Morgan fingerprint density at radius 3 is 2.42 bits per heavy atom. The van der Waals surface area contributed by atoms with Crippen LogP contribution in [0, 0.1) is 0 Å². The molecule has 0 saturated carbocycles. The third-order valence-electron chi connectivity index (χ3n) is 2.20. The molecule has 0 aromatic rings. The number of allylic oxidation sites excluding steroid dienone is 2. The van der Waals surface area contributed by atoms with Gasteiger partial charge in [0.1, 0.15) is 0 Å². The Balaban J connectivity index is 3.56. The number of hydrogen-bond acceptors (Lipinski definition) is 1. The quantitative estimate of drug-likeness (QED) is 0.551. The second-order valence-corrected chi connectivity index (χ2v) is 3.38. The van der Waals surface area contributed by atoms with E-state index < -0.39 is 0 Å². The first-order chi connectivity index (χ1) is 5.72. The molecule has 0 aliphatic rings. The molecule has 0 saturated heterocycles. The fourth-order valence-corrected chi connectivity index (χ4v) is 1.23. The van der Waals surface area contributed by atoms with Gasteiger partial charge in [-0.25, -0.2) is 0 Å². The molecule has 1 nitrogen and oxygen atoms in total. The highest BCUT2D eigenvalue weighted by atomic mass is 15.1. The summed E-state index contributed by atoms with van der Waals surface area (Å²) in [6.45, 7) is 7.82. The van der Waals surface area contributed by atoms with E-state index in [0.29, 0.717) is 0 Å². The molecule has 0 N–H and O–H groups in total. The first kappa shape index (κ1) is 11.5. The van der Waals surface area contributed by atoms with E-state index in [1.54, 1.807) is 0 Å². The number of hydrogen-bond donors (Lipinski definition) is 0. The van der Waals surface area contributed by atoms with Crippen LogP contribution in [-0.2, 0) is 0 Å². The lowest BCUT2D eigenvalue weighted by molar-refractivity contribution is 0.401. The summed E-state index contributed by atoms with van der Waals surface area (Å²) in [7, 11) is 2.18. The van der Waals surface area contributed by atoms with Crippen LogP contribution >= 0.6 is 0 Å². The standard InChI is InChI=1S/C11H23N/c1-5-7-8-10-12(4)11(3)9-6-2/h9H,5-8,10H2,1-4H3. The molecule has 0 bridgehead atoms. The molecule has 0 heterocycles. The molecule has 0 aliphatic carbocycles. The van der Waals surface area contributed by atoms with Gasteiger partial charge < -0.3 is 4.90 Å². The molecular weight excluding hydrogens is 146 g/mol. The number of nitrogens with zero attached hydrogens (tertiary/aromatic N) is 1. The van der Waals surface area contributed by atoms with Crippen molar-refractivity contribution in [1.29, 1.82) is 0 Å². The van der Waals surface area contributed by atoms with Crippen LogP contribution in [0.25, 0.3) is 0 Å². The molecule has 0 unspecified atom stereocenters. The summed E-state index contributed by atoms with van der Waals surface area (Å²) >= 11 is 0. The minimum atomic E-state index is 1.14. The minimum absolute atomic E-state index is 1.14. The summed E-state index contributed by atoms with van der Waals surface area (Å²) in [5.41, 5.74) is 1.41.